The van der Waals surface area contributed by atoms with Gasteiger partial charge in [0.2, 0.25) is 0 Å². The third-order valence-corrected chi connectivity index (χ3v) is 6.29. The molecule has 1 aromatic rings. The van der Waals surface area contributed by atoms with E-state index < -0.39 is 0 Å². The fourth-order valence-electron chi connectivity index (χ4n) is 4.36. The molecular weight excluding hydrogens is 374 g/mol. The van der Waals surface area contributed by atoms with Gasteiger partial charge in [0, 0.05) is 45.8 Å². The highest BCUT2D eigenvalue weighted by Gasteiger charge is 2.25. The molecule has 0 spiro atoms. The molecule has 1 unspecified atom stereocenters. The van der Waals surface area contributed by atoms with E-state index in [1.165, 1.54) is 56.8 Å². The van der Waals surface area contributed by atoms with Crippen molar-refractivity contribution in [2.45, 2.75) is 39.7 Å². The predicted molar refractivity (Wildman–Crippen MR) is 125 cm³/mol. The van der Waals surface area contributed by atoms with Crippen molar-refractivity contribution < 1.29 is 4.74 Å². The summed E-state index contributed by atoms with van der Waals surface area (Å²) in [5, 5.41) is 3.49. The Morgan fingerprint density at radius 3 is 2.57 bits per heavy atom. The van der Waals surface area contributed by atoms with Crippen molar-refractivity contribution in [2.24, 2.45) is 4.99 Å². The summed E-state index contributed by atoms with van der Waals surface area (Å²) in [5.74, 6) is 1.04. The zero-order chi connectivity index (χ0) is 21.2. The van der Waals surface area contributed by atoms with Crippen molar-refractivity contribution in [3.8, 4) is 0 Å². The van der Waals surface area contributed by atoms with Gasteiger partial charge in [-0.3, -0.25) is 4.99 Å². The molecule has 1 aromatic carbocycles. The number of hydrogen-bond donors (Lipinski definition) is 1. The highest BCUT2D eigenvalue weighted by atomic mass is 16.5. The van der Waals surface area contributed by atoms with Crippen molar-refractivity contribution in [1.29, 1.82) is 0 Å². The van der Waals surface area contributed by atoms with Crippen LogP contribution in [0.3, 0.4) is 0 Å². The highest BCUT2D eigenvalue weighted by Crippen LogP contribution is 2.25. The number of piperazine rings is 1. The SMILES string of the molecule is CCNC(=NCCCCN1CCN(CC)CC1)N1CCOC(c2ccccc2C)C1. The van der Waals surface area contributed by atoms with Gasteiger partial charge in [0.05, 0.1) is 13.2 Å². The van der Waals surface area contributed by atoms with E-state index >= 15 is 0 Å². The van der Waals surface area contributed by atoms with Gasteiger partial charge in [0.25, 0.3) is 0 Å². The first-order valence-electron chi connectivity index (χ1n) is 11.9. The standard InChI is InChI=1S/C24H41N5O/c1-4-25-24(26-12-8-9-13-28-16-14-27(5-2)15-17-28)29-18-19-30-23(20-29)22-11-7-6-10-21(22)3/h6-7,10-11,23H,4-5,8-9,12-20H2,1-3H3,(H,25,26). The number of hydrogen-bond acceptors (Lipinski definition) is 4. The van der Waals surface area contributed by atoms with Crippen LogP contribution < -0.4 is 5.32 Å². The third kappa shape index (κ3) is 6.69. The summed E-state index contributed by atoms with van der Waals surface area (Å²) >= 11 is 0. The molecule has 2 aliphatic rings. The van der Waals surface area contributed by atoms with Crippen LogP contribution in [0.15, 0.2) is 29.3 Å². The Bertz CT molecular complexity index is 657. The van der Waals surface area contributed by atoms with Crippen LogP contribution >= 0.6 is 0 Å². The molecule has 30 heavy (non-hydrogen) atoms. The predicted octanol–water partition coefficient (Wildman–Crippen LogP) is 2.75. The number of rotatable bonds is 8. The van der Waals surface area contributed by atoms with Crippen LogP contribution in [0.5, 0.6) is 0 Å². The van der Waals surface area contributed by atoms with Crippen LogP contribution in [0.25, 0.3) is 0 Å². The van der Waals surface area contributed by atoms with E-state index in [0.29, 0.717) is 0 Å². The lowest BCUT2D eigenvalue weighted by Gasteiger charge is -2.36. The zero-order valence-electron chi connectivity index (χ0n) is 19.3. The topological polar surface area (TPSA) is 43.3 Å². The summed E-state index contributed by atoms with van der Waals surface area (Å²) in [4.78, 5) is 12.5. The quantitative estimate of drug-likeness (QED) is 0.402. The molecular formula is C24H41N5O. The maximum atomic E-state index is 6.10. The molecule has 0 bridgehead atoms. The lowest BCUT2D eigenvalue weighted by molar-refractivity contribution is -0.00832. The Hall–Kier alpha value is -1.63. The fraction of sp³-hybridized carbons (Fsp3) is 0.708. The molecule has 2 saturated heterocycles. The molecule has 1 N–H and O–H groups in total. The lowest BCUT2D eigenvalue weighted by atomic mass is 10.0. The van der Waals surface area contributed by atoms with Crippen LogP contribution in [-0.2, 0) is 4.74 Å². The highest BCUT2D eigenvalue weighted by molar-refractivity contribution is 5.80. The number of aryl methyl sites for hydroxylation is 1. The van der Waals surface area contributed by atoms with Crippen LogP contribution in [0, 0.1) is 6.92 Å². The fourth-order valence-corrected chi connectivity index (χ4v) is 4.36. The summed E-state index contributed by atoms with van der Waals surface area (Å²) < 4.78 is 6.10. The first-order chi connectivity index (χ1) is 14.7. The molecule has 6 heteroatoms. The molecule has 2 aliphatic heterocycles. The molecule has 0 aliphatic carbocycles. The molecule has 0 radical (unpaired) electrons. The Balaban J connectivity index is 1.46. The van der Waals surface area contributed by atoms with Gasteiger partial charge in [-0.05, 0) is 50.9 Å². The smallest absolute Gasteiger partial charge is 0.194 e. The maximum absolute atomic E-state index is 6.10. The second kappa shape index (κ2) is 12.3. The minimum atomic E-state index is 0.116. The largest absolute Gasteiger partial charge is 0.370 e. The van der Waals surface area contributed by atoms with E-state index in [1.807, 2.05) is 0 Å². The average molecular weight is 416 g/mol. The minimum absolute atomic E-state index is 0.116. The molecule has 2 fully saturated rings. The van der Waals surface area contributed by atoms with Crippen LogP contribution in [-0.4, -0.2) is 92.7 Å². The van der Waals surface area contributed by atoms with Crippen molar-refractivity contribution >= 4 is 5.96 Å². The third-order valence-electron chi connectivity index (χ3n) is 6.29. The monoisotopic (exact) mass is 415 g/mol. The Labute approximate surface area is 183 Å². The maximum Gasteiger partial charge on any atom is 0.194 e. The van der Waals surface area contributed by atoms with E-state index in [1.54, 1.807) is 0 Å². The van der Waals surface area contributed by atoms with Gasteiger partial charge in [-0.2, -0.15) is 0 Å². The number of nitrogens with zero attached hydrogens (tertiary/aromatic N) is 4. The summed E-state index contributed by atoms with van der Waals surface area (Å²) in [6, 6.07) is 8.55. The summed E-state index contributed by atoms with van der Waals surface area (Å²) in [6.45, 7) is 18.1. The van der Waals surface area contributed by atoms with Crippen LogP contribution in [0.1, 0.15) is 43.9 Å². The number of guanidine groups is 1. The number of likely N-dealkylation sites (N-methyl/N-ethyl adjacent to an activating group) is 1. The van der Waals surface area contributed by atoms with Gasteiger partial charge in [0.1, 0.15) is 6.10 Å². The average Bonchev–Trinajstić information content (AvgIpc) is 2.79. The van der Waals surface area contributed by atoms with E-state index in [0.717, 1.165) is 45.2 Å². The second-order valence-corrected chi connectivity index (χ2v) is 8.38. The second-order valence-electron chi connectivity index (χ2n) is 8.38. The molecule has 2 heterocycles. The molecule has 168 valence electrons. The number of ether oxygens (including phenoxy) is 1. The van der Waals surface area contributed by atoms with Crippen molar-refractivity contribution in [1.82, 2.24) is 20.0 Å². The molecule has 0 aromatic heterocycles. The van der Waals surface area contributed by atoms with Gasteiger partial charge in [0.15, 0.2) is 5.96 Å². The first kappa shape index (κ1) is 23.0. The van der Waals surface area contributed by atoms with Gasteiger partial charge < -0.3 is 24.8 Å². The number of morpholine rings is 1. The normalized spacial score (nSPS) is 21.8. The lowest BCUT2D eigenvalue weighted by Crippen LogP contribution is -2.48. The van der Waals surface area contributed by atoms with Crippen LogP contribution in [0.2, 0.25) is 0 Å². The summed E-state index contributed by atoms with van der Waals surface area (Å²) in [5.41, 5.74) is 2.59. The number of nitrogens with one attached hydrogen (secondary N) is 1. The first-order valence-corrected chi connectivity index (χ1v) is 11.9. The van der Waals surface area contributed by atoms with E-state index in [4.69, 9.17) is 9.73 Å². The zero-order valence-corrected chi connectivity index (χ0v) is 19.3. The molecule has 0 amide bonds. The van der Waals surface area contributed by atoms with E-state index in [-0.39, 0.29) is 6.10 Å². The Morgan fingerprint density at radius 2 is 1.83 bits per heavy atom. The molecule has 3 rings (SSSR count). The van der Waals surface area contributed by atoms with Gasteiger partial charge >= 0.3 is 0 Å². The van der Waals surface area contributed by atoms with Crippen molar-refractivity contribution in [2.75, 3.05) is 72.1 Å². The van der Waals surface area contributed by atoms with Crippen molar-refractivity contribution in [3.05, 3.63) is 35.4 Å². The van der Waals surface area contributed by atoms with E-state index in [9.17, 15) is 0 Å². The Kier molecular flexibility index (Phi) is 9.43. The number of aliphatic imine (C=N–C) groups is 1. The molecule has 1 atom stereocenters. The minimum Gasteiger partial charge on any atom is -0.370 e. The van der Waals surface area contributed by atoms with Crippen LogP contribution in [0.4, 0.5) is 0 Å². The van der Waals surface area contributed by atoms with Gasteiger partial charge in [-0.1, -0.05) is 31.2 Å². The summed E-state index contributed by atoms with van der Waals surface area (Å²) in [7, 11) is 0. The van der Waals surface area contributed by atoms with Gasteiger partial charge in [-0.15, -0.1) is 0 Å². The van der Waals surface area contributed by atoms with Gasteiger partial charge in [-0.25, -0.2) is 0 Å². The van der Waals surface area contributed by atoms with Crippen molar-refractivity contribution in [3.63, 3.8) is 0 Å². The number of benzene rings is 1. The Morgan fingerprint density at radius 1 is 1.07 bits per heavy atom. The number of unbranched alkanes of at least 4 members (excludes halogenated alkanes) is 1. The molecule has 6 nitrogen and oxygen atoms in total. The summed E-state index contributed by atoms with van der Waals surface area (Å²) in [6.07, 6.45) is 2.49. The molecule has 0 saturated carbocycles. The van der Waals surface area contributed by atoms with E-state index in [2.05, 4.69) is 65.1 Å².